The minimum Gasteiger partial charge on any atom is -0.493 e. The number of carbonyl (C=O) groups is 1. The summed E-state index contributed by atoms with van der Waals surface area (Å²) in [6.07, 6.45) is 0. The number of aromatic nitrogens is 1. The quantitative estimate of drug-likeness (QED) is 0.653. The van der Waals surface area contributed by atoms with Gasteiger partial charge in [0.15, 0.2) is 3.95 Å². The maximum atomic E-state index is 12.3. The first-order valence-corrected chi connectivity index (χ1v) is 9.01. The highest BCUT2D eigenvalue weighted by atomic mass is 79.9. The van der Waals surface area contributed by atoms with E-state index in [-0.39, 0.29) is 11.8 Å². The van der Waals surface area contributed by atoms with Gasteiger partial charge in [0.05, 0.1) is 16.6 Å². The molecular formula is C17H9BrN2O2S2. The first-order valence-electron chi connectivity index (χ1n) is 7.00. The smallest absolute Gasteiger partial charge is 0.279 e. The van der Waals surface area contributed by atoms with E-state index in [1.807, 2.05) is 42.5 Å². The summed E-state index contributed by atoms with van der Waals surface area (Å²) in [7, 11) is 0. The lowest BCUT2D eigenvalue weighted by atomic mass is 10.1. The van der Waals surface area contributed by atoms with Crippen LogP contribution in [0.4, 0.5) is 0 Å². The summed E-state index contributed by atoms with van der Waals surface area (Å²) in [5.74, 6) is -0.395. The number of aromatic hydroxyl groups is 1. The molecule has 0 unspecified atom stereocenters. The van der Waals surface area contributed by atoms with Crippen molar-refractivity contribution in [2.45, 2.75) is 0 Å². The molecule has 0 radical (unpaired) electrons. The molecular weight excluding hydrogens is 408 g/mol. The van der Waals surface area contributed by atoms with Crippen LogP contribution in [0.2, 0.25) is 0 Å². The summed E-state index contributed by atoms with van der Waals surface area (Å²) >= 11 is 9.99. The first-order chi connectivity index (χ1) is 11.6. The van der Waals surface area contributed by atoms with Gasteiger partial charge in [-0.15, -0.1) is 11.3 Å². The molecule has 2 aromatic carbocycles. The van der Waals surface area contributed by atoms with E-state index in [9.17, 15) is 9.90 Å². The first kappa shape index (κ1) is 15.4. The van der Waals surface area contributed by atoms with Crippen LogP contribution in [0.25, 0.3) is 11.3 Å². The highest BCUT2D eigenvalue weighted by molar-refractivity contribution is 9.10. The standard InChI is InChI=1S/C17H9BrN2O2S2/c18-9-5-7-10(8-6-9)20-16(22)14(24-17(20)23)13-11-3-1-2-4-12(11)19-15(13)21/h1-8,22H. The van der Waals surface area contributed by atoms with Crippen LogP contribution in [-0.2, 0) is 4.79 Å². The normalized spacial score (nSPS) is 13.0. The fraction of sp³-hybridized carbons (Fsp3) is 0. The number of rotatable bonds is 2. The predicted octanol–water partition coefficient (Wildman–Crippen LogP) is 3.10. The number of nitrogens with zero attached hydrogens (tertiary/aromatic N) is 2. The van der Waals surface area contributed by atoms with Crippen molar-refractivity contribution in [1.29, 1.82) is 0 Å². The topological polar surface area (TPSA) is 54.6 Å². The van der Waals surface area contributed by atoms with Gasteiger partial charge in [-0.2, -0.15) is 0 Å². The van der Waals surface area contributed by atoms with Gasteiger partial charge in [0, 0.05) is 9.69 Å². The number of benzene rings is 2. The van der Waals surface area contributed by atoms with Crippen LogP contribution in [0.15, 0.2) is 58.0 Å². The van der Waals surface area contributed by atoms with E-state index < -0.39 is 0 Å². The van der Waals surface area contributed by atoms with Crippen LogP contribution < -0.4 is 10.6 Å². The average molecular weight is 417 g/mol. The lowest BCUT2D eigenvalue weighted by Crippen LogP contribution is -2.22. The number of amides is 1. The lowest BCUT2D eigenvalue weighted by molar-refractivity contribution is -0.112. The Kier molecular flexibility index (Phi) is 3.71. The maximum absolute atomic E-state index is 12.3. The SMILES string of the molecule is O=C1N=c2ccccc2=C1c1sc(=S)n(-c2ccc(Br)cc2)c1O. The second-order valence-electron chi connectivity index (χ2n) is 5.14. The molecule has 0 saturated carbocycles. The molecule has 4 rings (SSSR count). The van der Waals surface area contributed by atoms with E-state index in [1.54, 1.807) is 10.6 Å². The zero-order valence-corrected chi connectivity index (χ0v) is 15.3. The molecule has 0 spiro atoms. The maximum Gasteiger partial charge on any atom is 0.279 e. The van der Waals surface area contributed by atoms with Crippen molar-refractivity contribution in [3.8, 4) is 11.6 Å². The van der Waals surface area contributed by atoms with Crippen molar-refractivity contribution in [2.24, 2.45) is 4.99 Å². The fourth-order valence-corrected chi connectivity index (χ4v) is 4.28. The summed E-state index contributed by atoms with van der Waals surface area (Å²) in [6, 6.07) is 14.7. The second kappa shape index (κ2) is 5.77. The number of halogens is 1. The van der Waals surface area contributed by atoms with Gasteiger partial charge in [0.1, 0.15) is 4.88 Å². The van der Waals surface area contributed by atoms with Crippen LogP contribution in [0.1, 0.15) is 4.88 Å². The fourth-order valence-electron chi connectivity index (χ4n) is 2.63. The Bertz CT molecular complexity index is 1160. The monoisotopic (exact) mass is 416 g/mol. The van der Waals surface area contributed by atoms with Crippen molar-refractivity contribution in [3.05, 3.63) is 72.4 Å². The molecule has 0 aliphatic carbocycles. The largest absolute Gasteiger partial charge is 0.493 e. The van der Waals surface area contributed by atoms with Gasteiger partial charge in [-0.3, -0.25) is 9.36 Å². The molecule has 1 aliphatic heterocycles. The number of para-hydroxylation sites is 1. The van der Waals surface area contributed by atoms with Crippen LogP contribution >= 0.6 is 39.5 Å². The molecule has 0 fully saturated rings. The third-order valence-electron chi connectivity index (χ3n) is 3.71. The van der Waals surface area contributed by atoms with E-state index in [1.165, 1.54) is 11.3 Å². The summed E-state index contributed by atoms with van der Waals surface area (Å²) in [5, 5.41) is 12.1. The van der Waals surface area contributed by atoms with Gasteiger partial charge in [-0.1, -0.05) is 34.1 Å². The molecule has 7 heteroatoms. The molecule has 1 amide bonds. The molecule has 1 N–H and O–H groups in total. The van der Waals surface area contributed by atoms with Crippen molar-refractivity contribution in [3.63, 3.8) is 0 Å². The third kappa shape index (κ3) is 2.36. The predicted molar refractivity (Wildman–Crippen MR) is 98.6 cm³/mol. The Balaban J connectivity index is 1.99. The van der Waals surface area contributed by atoms with Gasteiger partial charge < -0.3 is 5.11 Å². The van der Waals surface area contributed by atoms with Crippen LogP contribution in [0, 0.1) is 3.95 Å². The number of thiazole rings is 1. The highest BCUT2D eigenvalue weighted by Crippen LogP contribution is 2.35. The zero-order chi connectivity index (χ0) is 16.8. The Labute approximate surface area is 154 Å². The van der Waals surface area contributed by atoms with E-state index in [0.29, 0.717) is 19.8 Å². The second-order valence-corrected chi connectivity index (χ2v) is 7.70. The van der Waals surface area contributed by atoms with Crippen molar-refractivity contribution >= 4 is 51.0 Å². The van der Waals surface area contributed by atoms with Crippen molar-refractivity contribution in [2.75, 3.05) is 0 Å². The van der Waals surface area contributed by atoms with Crippen molar-refractivity contribution < 1.29 is 9.90 Å². The lowest BCUT2D eigenvalue weighted by Gasteiger charge is -2.05. The molecule has 2 heterocycles. The summed E-state index contributed by atoms with van der Waals surface area (Å²) in [4.78, 5) is 16.8. The molecule has 0 saturated heterocycles. The number of hydrogen-bond donors (Lipinski definition) is 1. The van der Waals surface area contributed by atoms with E-state index in [2.05, 4.69) is 20.9 Å². The number of fused-ring (bicyclic) bond motifs is 1. The molecule has 4 nitrogen and oxygen atoms in total. The minimum absolute atomic E-state index is 0.0393. The summed E-state index contributed by atoms with van der Waals surface area (Å²) in [5.41, 5.74) is 1.13. The Morgan fingerprint density at radius 2 is 1.83 bits per heavy atom. The average Bonchev–Trinajstić information content (AvgIpc) is 3.04. The zero-order valence-electron chi connectivity index (χ0n) is 12.1. The molecule has 0 atom stereocenters. The Morgan fingerprint density at radius 1 is 1.12 bits per heavy atom. The highest BCUT2D eigenvalue weighted by Gasteiger charge is 2.25. The molecule has 24 heavy (non-hydrogen) atoms. The number of hydrogen-bond acceptors (Lipinski definition) is 4. The molecule has 3 aromatic rings. The van der Waals surface area contributed by atoms with E-state index in [0.717, 1.165) is 15.4 Å². The van der Waals surface area contributed by atoms with Gasteiger partial charge in [-0.05, 0) is 42.5 Å². The Hall–Kier alpha value is -2.09. The molecule has 1 aromatic heterocycles. The van der Waals surface area contributed by atoms with Crippen LogP contribution in [0.5, 0.6) is 5.88 Å². The Morgan fingerprint density at radius 3 is 2.58 bits per heavy atom. The van der Waals surface area contributed by atoms with Gasteiger partial charge in [0.25, 0.3) is 5.91 Å². The summed E-state index contributed by atoms with van der Waals surface area (Å²) in [6.45, 7) is 0. The van der Waals surface area contributed by atoms with Gasteiger partial charge >= 0.3 is 0 Å². The van der Waals surface area contributed by atoms with Crippen LogP contribution in [-0.4, -0.2) is 15.6 Å². The summed E-state index contributed by atoms with van der Waals surface area (Å²) < 4.78 is 2.96. The minimum atomic E-state index is -0.356. The van der Waals surface area contributed by atoms with E-state index >= 15 is 0 Å². The molecule has 0 bridgehead atoms. The van der Waals surface area contributed by atoms with Gasteiger partial charge in [0.2, 0.25) is 5.88 Å². The van der Waals surface area contributed by atoms with Gasteiger partial charge in [-0.25, -0.2) is 4.99 Å². The van der Waals surface area contributed by atoms with Crippen molar-refractivity contribution in [1.82, 2.24) is 4.57 Å². The molecule has 1 aliphatic rings. The molecule has 118 valence electrons. The van der Waals surface area contributed by atoms with E-state index in [4.69, 9.17) is 12.2 Å². The third-order valence-corrected chi connectivity index (χ3v) is 5.62. The van der Waals surface area contributed by atoms with Crippen LogP contribution in [0.3, 0.4) is 0 Å². The number of carbonyl (C=O) groups excluding carboxylic acids is 1.